The van der Waals surface area contributed by atoms with Crippen molar-refractivity contribution < 1.29 is 4.79 Å². The zero-order valence-corrected chi connectivity index (χ0v) is 21.1. The maximum Gasteiger partial charge on any atom is 0.266 e. The smallest absolute Gasteiger partial charge is 0.266 e. The Morgan fingerprint density at radius 3 is 1.83 bits per heavy atom. The molecule has 1 aliphatic rings. The summed E-state index contributed by atoms with van der Waals surface area (Å²) in [5, 5.41) is 9.86. The first-order valence-corrected chi connectivity index (χ1v) is 12.6. The second kappa shape index (κ2) is 12.2. The third-order valence-electron chi connectivity index (χ3n) is 6.71. The zero-order chi connectivity index (χ0) is 25.3. The number of amides is 1. The van der Waals surface area contributed by atoms with E-state index in [1.807, 2.05) is 35.2 Å². The lowest BCUT2D eigenvalue weighted by Gasteiger charge is -2.39. The van der Waals surface area contributed by atoms with E-state index in [1.54, 1.807) is 6.20 Å². The van der Waals surface area contributed by atoms with Gasteiger partial charge in [-0.1, -0.05) is 91.0 Å². The van der Waals surface area contributed by atoms with Crippen LogP contribution in [0.2, 0.25) is 0 Å². The molecule has 0 atom stereocenters. The maximum absolute atomic E-state index is 13.3. The fourth-order valence-corrected chi connectivity index (χ4v) is 4.71. The van der Waals surface area contributed by atoms with Gasteiger partial charge in [0.1, 0.15) is 11.6 Å². The van der Waals surface area contributed by atoms with Gasteiger partial charge in [0, 0.05) is 45.0 Å². The third-order valence-corrected chi connectivity index (χ3v) is 6.71. The molecule has 0 radical (unpaired) electrons. The Hall–Kier alpha value is -3.88. The number of piperazine rings is 1. The van der Waals surface area contributed by atoms with Crippen LogP contribution in [0.15, 0.2) is 103 Å². The first-order valence-electron chi connectivity index (χ1n) is 12.6. The van der Waals surface area contributed by atoms with Crippen LogP contribution in [0.1, 0.15) is 36.6 Å². The van der Waals surface area contributed by atoms with Crippen molar-refractivity contribution in [2.24, 2.45) is 0 Å². The van der Waals surface area contributed by atoms with Gasteiger partial charge in [-0.3, -0.25) is 9.69 Å². The molecule has 4 rings (SSSR count). The van der Waals surface area contributed by atoms with Crippen LogP contribution in [0.5, 0.6) is 0 Å². The molecule has 5 heteroatoms. The summed E-state index contributed by atoms with van der Waals surface area (Å²) >= 11 is 0. The average molecular weight is 479 g/mol. The molecule has 1 aliphatic heterocycles. The molecule has 1 fully saturated rings. The van der Waals surface area contributed by atoms with Gasteiger partial charge in [-0.05, 0) is 30.5 Å². The van der Waals surface area contributed by atoms with Gasteiger partial charge in [-0.25, -0.2) is 0 Å². The highest BCUT2D eigenvalue weighted by Gasteiger charge is 2.29. The molecular weight excluding hydrogens is 444 g/mol. The van der Waals surface area contributed by atoms with E-state index in [-0.39, 0.29) is 23.6 Å². The van der Waals surface area contributed by atoms with Crippen molar-refractivity contribution in [3.8, 4) is 6.07 Å². The predicted octanol–water partition coefficient (Wildman–Crippen LogP) is 5.24. The number of hydrogen-bond acceptors (Lipinski definition) is 4. The minimum Gasteiger partial charge on any atom is -0.369 e. The summed E-state index contributed by atoms with van der Waals surface area (Å²) in [6.45, 7) is 7.48. The fourth-order valence-electron chi connectivity index (χ4n) is 4.71. The van der Waals surface area contributed by atoms with E-state index in [2.05, 4.69) is 90.4 Å². The largest absolute Gasteiger partial charge is 0.369 e. The molecule has 184 valence electrons. The van der Waals surface area contributed by atoms with Crippen LogP contribution in [0.25, 0.3) is 0 Å². The molecule has 36 heavy (non-hydrogen) atoms. The Bertz CT molecular complexity index is 1140. The summed E-state index contributed by atoms with van der Waals surface area (Å²) in [4.78, 5) is 19.7. The molecule has 0 aliphatic carbocycles. The maximum atomic E-state index is 13.3. The normalized spacial score (nSPS) is 14.6. The average Bonchev–Trinajstić information content (AvgIpc) is 2.93. The molecule has 1 amide bonds. The summed E-state index contributed by atoms with van der Waals surface area (Å²) in [6.07, 6.45) is 1.74. The summed E-state index contributed by atoms with van der Waals surface area (Å²) in [7, 11) is 0. The van der Waals surface area contributed by atoms with E-state index in [0.29, 0.717) is 19.6 Å². The van der Waals surface area contributed by atoms with Crippen LogP contribution >= 0.6 is 0 Å². The third kappa shape index (κ3) is 6.21. The highest BCUT2D eigenvalue weighted by molar-refractivity contribution is 5.97. The number of carbonyl (C=O) groups is 1. The molecular formula is C31H34N4O. The van der Waals surface area contributed by atoms with Crippen LogP contribution in [-0.2, 0) is 11.3 Å². The van der Waals surface area contributed by atoms with E-state index in [4.69, 9.17) is 0 Å². The molecule has 0 saturated carbocycles. The van der Waals surface area contributed by atoms with Gasteiger partial charge in [0.2, 0.25) is 0 Å². The zero-order valence-electron chi connectivity index (χ0n) is 21.1. The molecule has 0 aromatic heterocycles. The molecule has 3 aromatic rings. The van der Waals surface area contributed by atoms with Gasteiger partial charge in [0.15, 0.2) is 0 Å². The van der Waals surface area contributed by atoms with Crippen molar-refractivity contribution in [3.63, 3.8) is 0 Å². The Balaban J connectivity index is 1.47. The molecule has 0 unspecified atom stereocenters. The number of carbonyl (C=O) groups excluding carboxylic acids is 1. The van der Waals surface area contributed by atoms with Crippen LogP contribution in [0.4, 0.5) is 0 Å². The van der Waals surface area contributed by atoms with Crippen molar-refractivity contribution in [2.75, 3.05) is 26.2 Å². The Morgan fingerprint density at radius 2 is 1.36 bits per heavy atom. The lowest BCUT2D eigenvalue weighted by Crippen LogP contribution is -2.50. The molecule has 0 N–H and O–H groups in total. The quantitative estimate of drug-likeness (QED) is 0.328. The van der Waals surface area contributed by atoms with E-state index in [9.17, 15) is 10.1 Å². The van der Waals surface area contributed by atoms with Gasteiger partial charge < -0.3 is 9.80 Å². The lowest BCUT2D eigenvalue weighted by atomic mass is 9.96. The van der Waals surface area contributed by atoms with Crippen LogP contribution in [-0.4, -0.2) is 52.8 Å². The SMILES string of the molecule is CC(C)N(/C=C(/C#N)C(=O)N1CCN(C(c2ccccc2)c2ccccc2)CC1)Cc1ccccc1. The standard InChI is InChI=1S/C31H34N4O/c1-25(2)35(23-26-12-6-3-7-13-26)24-29(22-32)31(36)34-20-18-33(19-21-34)30(27-14-8-4-9-15-27)28-16-10-5-11-17-28/h3-17,24-25,30H,18-21,23H2,1-2H3/b29-24-. The Morgan fingerprint density at radius 1 is 0.861 bits per heavy atom. The van der Waals surface area contributed by atoms with Crippen molar-refractivity contribution >= 4 is 5.91 Å². The van der Waals surface area contributed by atoms with E-state index in [1.165, 1.54) is 11.1 Å². The van der Waals surface area contributed by atoms with Crippen molar-refractivity contribution in [1.29, 1.82) is 5.26 Å². The second-order valence-electron chi connectivity index (χ2n) is 9.46. The van der Waals surface area contributed by atoms with Crippen LogP contribution < -0.4 is 0 Å². The molecule has 5 nitrogen and oxygen atoms in total. The van der Waals surface area contributed by atoms with Gasteiger partial charge in [0.05, 0.1) is 6.04 Å². The number of rotatable bonds is 8. The van der Waals surface area contributed by atoms with Gasteiger partial charge in [-0.15, -0.1) is 0 Å². The van der Waals surface area contributed by atoms with E-state index < -0.39 is 0 Å². The van der Waals surface area contributed by atoms with Gasteiger partial charge in [0.25, 0.3) is 5.91 Å². The summed E-state index contributed by atoms with van der Waals surface area (Å²) < 4.78 is 0. The lowest BCUT2D eigenvalue weighted by molar-refractivity contribution is -0.128. The van der Waals surface area contributed by atoms with E-state index in [0.717, 1.165) is 18.7 Å². The molecule has 1 heterocycles. The first kappa shape index (κ1) is 25.2. The number of benzene rings is 3. The number of hydrogen-bond donors (Lipinski definition) is 0. The van der Waals surface area contributed by atoms with Gasteiger partial charge in [-0.2, -0.15) is 5.26 Å². The summed E-state index contributed by atoms with van der Waals surface area (Å²) in [6, 6.07) is 33.6. The van der Waals surface area contributed by atoms with Crippen LogP contribution in [0.3, 0.4) is 0 Å². The highest BCUT2D eigenvalue weighted by atomic mass is 16.2. The highest BCUT2D eigenvalue weighted by Crippen LogP contribution is 2.29. The molecule has 1 saturated heterocycles. The minimum atomic E-state index is -0.188. The molecule has 3 aromatic carbocycles. The molecule has 0 spiro atoms. The monoisotopic (exact) mass is 478 g/mol. The van der Waals surface area contributed by atoms with E-state index >= 15 is 0 Å². The Labute approximate surface area is 214 Å². The Kier molecular flexibility index (Phi) is 8.54. The fraction of sp³-hybridized carbons (Fsp3) is 0.290. The predicted molar refractivity (Wildman–Crippen MR) is 144 cm³/mol. The minimum absolute atomic E-state index is 0.137. The first-order chi connectivity index (χ1) is 17.6. The summed E-state index contributed by atoms with van der Waals surface area (Å²) in [5.41, 5.74) is 3.83. The number of nitriles is 1. The second-order valence-corrected chi connectivity index (χ2v) is 9.46. The van der Waals surface area contributed by atoms with Crippen LogP contribution in [0, 0.1) is 11.3 Å². The topological polar surface area (TPSA) is 50.6 Å². The van der Waals surface area contributed by atoms with Gasteiger partial charge >= 0.3 is 0 Å². The number of nitrogens with zero attached hydrogens (tertiary/aromatic N) is 4. The summed E-state index contributed by atoms with van der Waals surface area (Å²) in [5.74, 6) is -0.188. The van der Waals surface area contributed by atoms with Crippen molar-refractivity contribution in [1.82, 2.24) is 14.7 Å². The van der Waals surface area contributed by atoms with Crippen molar-refractivity contribution in [3.05, 3.63) is 119 Å². The molecule has 0 bridgehead atoms. The van der Waals surface area contributed by atoms with Crippen molar-refractivity contribution in [2.45, 2.75) is 32.5 Å².